The summed E-state index contributed by atoms with van der Waals surface area (Å²) in [6, 6.07) is 6.73. The van der Waals surface area contributed by atoms with Crippen LogP contribution in [0.2, 0.25) is 0 Å². The molecule has 0 radical (unpaired) electrons. The van der Waals surface area contributed by atoms with E-state index in [1.807, 2.05) is 6.92 Å². The van der Waals surface area contributed by atoms with Crippen LogP contribution in [0.3, 0.4) is 0 Å². The van der Waals surface area contributed by atoms with Crippen LogP contribution in [0.1, 0.15) is 5.56 Å². The lowest BCUT2D eigenvalue weighted by molar-refractivity contribution is 0.560. The van der Waals surface area contributed by atoms with Crippen LogP contribution < -0.4 is 11.4 Å². The lowest BCUT2D eigenvalue weighted by atomic mass is 10.1. The maximum Gasteiger partial charge on any atom is 0.336 e. The molecule has 3 nitrogen and oxygen atoms in total. The normalized spacial score (nSPS) is 10.5. The molecule has 0 amide bonds. The van der Waals surface area contributed by atoms with Gasteiger partial charge in [0.05, 0.1) is 0 Å². The molecule has 0 fully saturated rings. The largest absolute Gasteiger partial charge is 0.423 e. The number of hydrogen-bond acceptors (Lipinski definition) is 3. The molecule has 1 aromatic carbocycles. The van der Waals surface area contributed by atoms with Crippen molar-refractivity contribution in [1.82, 2.24) is 0 Å². The number of benzene rings is 1. The Labute approximate surface area is 74.8 Å². The van der Waals surface area contributed by atoms with Gasteiger partial charge in [-0.3, -0.25) is 0 Å². The fraction of sp³-hybridized carbons (Fsp3) is 0.100. The van der Waals surface area contributed by atoms with Crippen LogP contribution in [0, 0.1) is 6.92 Å². The third-order valence-electron chi connectivity index (χ3n) is 2.00. The average molecular weight is 175 g/mol. The molecule has 0 aliphatic carbocycles. The Bertz CT molecular complexity index is 514. The van der Waals surface area contributed by atoms with Crippen LogP contribution in [-0.2, 0) is 0 Å². The first kappa shape index (κ1) is 7.86. The van der Waals surface area contributed by atoms with Crippen molar-refractivity contribution in [3.8, 4) is 0 Å². The van der Waals surface area contributed by atoms with E-state index in [0.717, 1.165) is 10.9 Å². The Kier molecular flexibility index (Phi) is 1.59. The van der Waals surface area contributed by atoms with Crippen molar-refractivity contribution in [2.24, 2.45) is 0 Å². The molecule has 3 heteroatoms. The number of anilines is 1. The number of nitrogen functional groups attached to an aromatic ring is 1. The summed E-state index contributed by atoms with van der Waals surface area (Å²) in [6.07, 6.45) is 0. The van der Waals surface area contributed by atoms with Gasteiger partial charge in [-0.25, -0.2) is 4.79 Å². The summed E-state index contributed by atoms with van der Waals surface area (Å²) in [7, 11) is 0. The first-order valence-corrected chi connectivity index (χ1v) is 3.97. The van der Waals surface area contributed by atoms with Gasteiger partial charge in [-0.15, -0.1) is 0 Å². The van der Waals surface area contributed by atoms with E-state index in [0.29, 0.717) is 11.3 Å². The molecule has 0 unspecified atom stereocenters. The fourth-order valence-corrected chi connectivity index (χ4v) is 1.44. The molecule has 0 aliphatic heterocycles. The predicted octanol–water partition coefficient (Wildman–Crippen LogP) is 1.68. The van der Waals surface area contributed by atoms with E-state index in [4.69, 9.17) is 10.2 Å². The first-order chi connectivity index (χ1) is 6.18. The second-order valence-corrected chi connectivity index (χ2v) is 2.97. The maximum absolute atomic E-state index is 11.0. The Morgan fingerprint density at radius 1 is 1.38 bits per heavy atom. The van der Waals surface area contributed by atoms with Crippen molar-refractivity contribution in [3.05, 3.63) is 40.2 Å². The van der Waals surface area contributed by atoms with E-state index < -0.39 is 0 Å². The van der Waals surface area contributed by atoms with E-state index in [9.17, 15) is 4.79 Å². The van der Waals surface area contributed by atoms with Gasteiger partial charge in [0, 0.05) is 17.1 Å². The van der Waals surface area contributed by atoms with Crippen LogP contribution in [-0.4, -0.2) is 0 Å². The SMILES string of the molecule is Cc1cc(=O)oc2cccc(N)c12. The summed E-state index contributed by atoms with van der Waals surface area (Å²) in [5.74, 6) is 0. The van der Waals surface area contributed by atoms with Crippen LogP contribution >= 0.6 is 0 Å². The van der Waals surface area contributed by atoms with Gasteiger partial charge in [0.15, 0.2) is 0 Å². The zero-order chi connectivity index (χ0) is 9.42. The third kappa shape index (κ3) is 1.18. The predicted molar refractivity (Wildman–Crippen MR) is 51.6 cm³/mol. The van der Waals surface area contributed by atoms with Crippen LogP contribution in [0.25, 0.3) is 11.0 Å². The Balaban J connectivity index is 3.03. The van der Waals surface area contributed by atoms with Gasteiger partial charge in [-0.2, -0.15) is 0 Å². The van der Waals surface area contributed by atoms with E-state index in [2.05, 4.69) is 0 Å². The molecule has 0 saturated carbocycles. The van der Waals surface area contributed by atoms with E-state index in [1.54, 1.807) is 18.2 Å². The number of hydrogen-bond donors (Lipinski definition) is 1. The minimum absolute atomic E-state index is 0.337. The lowest BCUT2D eigenvalue weighted by Gasteiger charge is -2.02. The fourth-order valence-electron chi connectivity index (χ4n) is 1.44. The monoisotopic (exact) mass is 175 g/mol. The molecular formula is C10H9NO2. The Hall–Kier alpha value is -1.77. The Morgan fingerprint density at radius 2 is 2.15 bits per heavy atom. The summed E-state index contributed by atoms with van der Waals surface area (Å²) in [5.41, 5.74) is 7.44. The summed E-state index contributed by atoms with van der Waals surface area (Å²) in [4.78, 5) is 11.0. The highest BCUT2D eigenvalue weighted by Gasteiger charge is 2.03. The zero-order valence-electron chi connectivity index (χ0n) is 7.20. The van der Waals surface area contributed by atoms with E-state index >= 15 is 0 Å². The Morgan fingerprint density at radius 3 is 2.92 bits per heavy atom. The van der Waals surface area contributed by atoms with Gasteiger partial charge in [0.2, 0.25) is 0 Å². The highest BCUT2D eigenvalue weighted by atomic mass is 16.4. The number of fused-ring (bicyclic) bond motifs is 1. The van der Waals surface area contributed by atoms with Crippen molar-refractivity contribution >= 4 is 16.7 Å². The van der Waals surface area contributed by atoms with Gasteiger partial charge >= 0.3 is 5.63 Å². The standard InChI is InChI=1S/C10H9NO2/c1-6-5-9(12)13-8-4-2-3-7(11)10(6)8/h2-5H,11H2,1H3. The molecule has 0 saturated heterocycles. The molecule has 0 bridgehead atoms. The number of aryl methyl sites for hydroxylation is 1. The molecule has 13 heavy (non-hydrogen) atoms. The molecule has 0 aliphatic rings. The smallest absolute Gasteiger partial charge is 0.336 e. The van der Waals surface area contributed by atoms with Crippen LogP contribution in [0.15, 0.2) is 33.5 Å². The number of nitrogens with two attached hydrogens (primary N) is 1. The minimum Gasteiger partial charge on any atom is -0.423 e. The van der Waals surface area contributed by atoms with Crippen molar-refractivity contribution in [2.45, 2.75) is 6.92 Å². The molecule has 2 rings (SSSR count). The quantitative estimate of drug-likeness (QED) is 0.489. The van der Waals surface area contributed by atoms with Crippen LogP contribution in [0.4, 0.5) is 5.69 Å². The van der Waals surface area contributed by atoms with Crippen LogP contribution in [0.5, 0.6) is 0 Å². The lowest BCUT2D eigenvalue weighted by Crippen LogP contribution is -1.99. The van der Waals surface area contributed by atoms with Gasteiger partial charge in [0.25, 0.3) is 0 Å². The molecule has 2 N–H and O–H groups in total. The van der Waals surface area contributed by atoms with Gasteiger partial charge < -0.3 is 10.2 Å². The summed E-state index contributed by atoms with van der Waals surface area (Å²) >= 11 is 0. The second-order valence-electron chi connectivity index (χ2n) is 2.97. The molecule has 1 heterocycles. The molecule has 0 spiro atoms. The van der Waals surface area contributed by atoms with Crippen molar-refractivity contribution in [3.63, 3.8) is 0 Å². The topological polar surface area (TPSA) is 56.2 Å². The van der Waals surface area contributed by atoms with Gasteiger partial charge in [0.1, 0.15) is 5.58 Å². The molecule has 1 aromatic heterocycles. The minimum atomic E-state index is -0.337. The zero-order valence-corrected chi connectivity index (χ0v) is 7.20. The first-order valence-electron chi connectivity index (χ1n) is 3.97. The van der Waals surface area contributed by atoms with Crippen molar-refractivity contribution in [2.75, 3.05) is 5.73 Å². The van der Waals surface area contributed by atoms with Crippen molar-refractivity contribution in [1.29, 1.82) is 0 Å². The number of rotatable bonds is 0. The highest BCUT2D eigenvalue weighted by Crippen LogP contribution is 2.22. The third-order valence-corrected chi connectivity index (χ3v) is 2.00. The van der Waals surface area contributed by atoms with E-state index in [1.165, 1.54) is 6.07 Å². The summed E-state index contributed by atoms with van der Waals surface area (Å²) in [5, 5.41) is 0.821. The molecule has 2 aromatic rings. The van der Waals surface area contributed by atoms with Crippen molar-refractivity contribution < 1.29 is 4.42 Å². The molecular weight excluding hydrogens is 166 g/mol. The molecule has 0 atom stereocenters. The van der Waals surface area contributed by atoms with Gasteiger partial charge in [-0.1, -0.05) is 6.07 Å². The van der Waals surface area contributed by atoms with Gasteiger partial charge in [-0.05, 0) is 24.6 Å². The molecule has 66 valence electrons. The average Bonchev–Trinajstić information content (AvgIpc) is 2.02. The summed E-state index contributed by atoms with van der Waals surface area (Å²) < 4.78 is 4.99. The summed E-state index contributed by atoms with van der Waals surface area (Å²) in [6.45, 7) is 1.84. The second kappa shape index (κ2) is 2.62. The van der Waals surface area contributed by atoms with E-state index in [-0.39, 0.29) is 5.63 Å². The maximum atomic E-state index is 11.0. The highest BCUT2D eigenvalue weighted by molar-refractivity contribution is 5.91.